The van der Waals surface area contributed by atoms with Gasteiger partial charge in [0.05, 0.1) is 25.2 Å². The van der Waals surface area contributed by atoms with Gasteiger partial charge in [0.25, 0.3) is 11.1 Å². The molecular formula is C24H25N3O5S. The number of morpholine rings is 1. The van der Waals surface area contributed by atoms with Crippen molar-refractivity contribution in [2.24, 2.45) is 0 Å². The normalized spacial score (nSPS) is 17.6. The third kappa shape index (κ3) is 5.37. The first-order valence-corrected chi connectivity index (χ1v) is 11.4. The third-order valence-electron chi connectivity index (χ3n) is 5.42. The lowest BCUT2D eigenvalue weighted by Gasteiger charge is -2.30. The maximum atomic E-state index is 12.8. The van der Waals surface area contributed by atoms with E-state index in [1.54, 1.807) is 37.5 Å². The van der Waals surface area contributed by atoms with Gasteiger partial charge in [-0.3, -0.25) is 19.3 Å². The molecule has 2 fully saturated rings. The van der Waals surface area contributed by atoms with Crippen LogP contribution in [0, 0.1) is 6.92 Å². The molecule has 0 radical (unpaired) electrons. The Kier molecular flexibility index (Phi) is 7.00. The third-order valence-corrected chi connectivity index (χ3v) is 6.33. The molecule has 0 spiro atoms. The quantitative estimate of drug-likeness (QED) is 0.651. The highest BCUT2D eigenvalue weighted by atomic mass is 32.2. The van der Waals surface area contributed by atoms with Gasteiger partial charge < -0.3 is 19.7 Å². The number of nitrogens with one attached hydrogen (secondary N) is 1. The maximum absolute atomic E-state index is 12.8. The van der Waals surface area contributed by atoms with Crippen LogP contribution in [-0.4, -0.2) is 61.9 Å². The zero-order valence-corrected chi connectivity index (χ0v) is 19.3. The highest BCUT2D eigenvalue weighted by Crippen LogP contribution is 2.33. The Bertz CT molecular complexity index is 1090. The molecule has 9 heteroatoms. The van der Waals surface area contributed by atoms with Gasteiger partial charge in [-0.15, -0.1) is 0 Å². The lowest BCUT2D eigenvalue weighted by Crippen LogP contribution is -2.36. The van der Waals surface area contributed by atoms with E-state index >= 15 is 0 Å². The second kappa shape index (κ2) is 10.1. The summed E-state index contributed by atoms with van der Waals surface area (Å²) >= 11 is 0.843. The highest BCUT2D eigenvalue weighted by molar-refractivity contribution is 8.18. The van der Waals surface area contributed by atoms with Crippen molar-refractivity contribution in [1.82, 2.24) is 4.90 Å². The van der Waals surface area contributed by atoms with Crippen LogP contribution in [0.25, 0.3) is 6.08 Å². The minimum absolute atomic E-state index is 0.302. The number of methoxy groups -OCH3 is 1. The summed E-state index contributed by atoms with van der Waals surface area (Å²) in [6, 6.07) is 12.8. The summed E-state index contributed by atoms with van der Waals surface area (Å²) in [6.07, 6.45) is 1.70. The van der Waals surface area contributed by atoms with Gasteiger partial charge in [0.2, 0.25) is 5.91 Å². The highest BCUT2D eigenvalue weighted by Gasteiger charge is 2.36. The first-order chi connectivity index (χ1) is 15.9. The Morgan fingerprint density at radius 2 is 1.88 bits per heavy atom. The molecule has 172 valence electrons. The number of nitrogens with zero attached hydrogens (tertiary/aromatic N) is 2. The van der Waals surface area contributed by atoms with Gasteiger partial charge in [0.15, 0.2) is 0 Å². The van der Waals surface area contributed by atoms with Crippen LogP contribution in [0.2, 0.25) is 0 Å². The molecule has 8 nitrogen and oxygen atoms in total. The number of hydrogen-bond donors (Lipinski definition) is 1. The molecule has 0 bridgehead atoms. The van der Waals surface area contributed by atoms with Crippen LogP contribution in [0.4, 0.5) is 16.2 Å². The molecule has 2 heterocycles. The van der Waals surface area contributed by atoms with Crippen molar-refractivity contribution < 1.29 is 23.9 Å². The Balaban J connectivity index is 1.41. The van der Waals surface area contributed by atoms with E-state index in [-0.39, 0.29) is 6.54 Å². The predicted molar refractivity (Wildman–Crippen MR) is 129 cm³/mol. The van der Waals surface area contributed by atoms with E-state index in [0.717, 1.165) is 46.6 Å². The van der Waals surface area contributed by atoms with E-state index in [1.807, 2.05) is 25.1 Å². The maximum Gasteiger partial charge on any atom is 0.294 e. The average Bonchev–Trinajstić information content (AvgIpc) is 3.07. The molecule has 4 rings (SSSR count). The van der Waals surface area contributed by atoms with Gasteiger partial charge in [0.1, 0.15) is 12.3 Å². The van der Waals surface area contributed by atoms with Crippen LogP contribution in [-0.2, 0) is 14.3 Å². The fourth-order valence-corrected chi connectivity index (χ4v) is 4.57. The fraction of sp³-hybridized carbons (Fsp3) is 0.292. The second-order valence-corrected chi connectivity index (χ2v) is 8.68. The second-order valence-electron chi connectivity index (χ2n) is 7.69. The number of hydrogen-bond acceptors (Lipinski definition) is 7. The van der Waals surface area contributed by atoms with Crippen molar-refractivity contribution in [3.8, 4) is 5.75 Å². The minimum Gasteiger partial charge on any atom is -0.497 e. The number of benzene rings is 2. The first kappa shape index (κ1) is 22.9. The summed E-state index contributed by atoms with van der Waals surface area (Å²) < 4.78 is 10.5. The summed E-state index contributed by atoms with van der Waals surface area (Å²) in [5, 5.41) is 2.23. The molecule has 0 saturated carbocycles. The SMILES string of the molecule is COc1ccc(NC(=O)CN2C(=O)S/C(=C/c3ccc(N4CCOCC4)c(C)c3)C2=O)cc1. The smallest absolute Gasteiger partial charge is 0.294 e. The molecule has 2 aliphatic heterocycles. The van der Waals surface area contributed by atoms with E-state index in [1.165, 1.54) is 0 Å². The zero-order valence-electron chi connectivity index (χ0n) is 18.5. The summed E-state index contributed by atoms with van der Waals surface area (Å²) in [7, 11) is 1.56. The van der Waals surface area contributed by atoms with Gasteiger partial charge in [-0.05, 0) is 72.3 Å². The average molecular weight is 468 g/mol. The largest absolute Gasteiger partial charge is 0.497 e. The number of rotatable bonds is 6. The summed E-state index contributed by atoms with van der Waals surface area (Å²) in [5.41, 5.74) is 3.61. The number of ether oxygens (including phenoxy) is 2. The molecule has 0 aromatic heterocycles. The summed E-state index contributed by atoms with van der Waals surface area (Å²) in [5.74, 6) is -0.253. The number of aryl methyl sites for hydroxylation is 1. The van der Waals surface area contributed by atoms with E-state index in [4.69, 9.17) is 9.47 Å². The summed E-state index contributed by atoms with van der Waals surface area (Å²) in [6.45, 7) is 4.79. The molecular weight excluding hydrogens is 442 g/mol. The Hall–Kier alpha value is -3.30. The predicted octanol–water partition coefficient (Wildman–Crippen LogP) is 3.52. The molecule has 2 aromatic rings. The Morgan fingerprint density at radius 3 is 2.55 bits per heavy atom. The van der Waals surface area contributed by atoms with Crippen LogP contribution in [0.1, 0.15) is 11.1 Å². The van der Waals surface area contributed by atoms with Crippen molar-refractivity contribution in [2.45, 2.75) is 6.92 Å². The van der Waals surface area contributed by atoms with E-state index in [9.17, 15) is 14.4 Å². The lowest BCUT2D eigenvalue weighted by atomic mass is 10.1. The molecule has 2 aromatic carbocycles. The number of anilines is 2. The van der Waals surface area contributed by atoms with Gasteiger partial charge in [-0.2, -0.15) is 0 Å². The molecule has 2 aliphatic rings. The standard InChI is InChI=1S/C24H25N3O5S/c1-16-13-17(3-8-20(16)26-9-11-32-12-10-26)14-21-23(29)27(24(30)33-21)15-22(28)25-18-4-6-19(31-2)7-5-18/h3-8,13-14H,9-12,15H2,1-2H3,(H,25,28)/b21-14+. The minimum atomic E-state index is -0.468. The molecule has 0 atom stereocenters. The van der Waals surface area contributed by atoms with E-state index in [2.05, 4.69) is 10.2 Å². The van der Waals surface area contributed by atoms with E-state index < -0.39 is 17.1 Å². The van der Waals surface area contributed by atoms with Gasteiger partial charge in [-0.25, -0.2) is 0 Å². The van der Waals surface area contributed by atoms with Crippen molar-refractivity contribution in [1.29, 1.82) is 0 Å². The molecule has 0 aliphatic carbocycles. The van der Waals surface area contributed by atoms with Gasteiger partial charge in [0, 0.05) is 24.5 Å². The monoisotopic (exact) mass is 467 g/mol. The van der Waals surface area contributed by atoms with Crippen LogP contribution in [0.5, 0.6) is 5.75 Å². The summed E-state index contributed by atoms with van der Waals surface area (Å²) in [4.78, 5) is 41.1. The van der Waals surface area contributed by atoms with Crippen molar-refractivity contribution >= 4 is 46.3 Å². The number of carbonyl (C=O) groups excluding carboxylic acids is 3. The fourth-order valence-electron chi connectivity index (χ4n) is 3.73. The molecule has 0 unspecified atom stereocenters. The van der Waals surface area contributed by atoms with Gasteiger partial charge in [-0.1, -0.05) is 6.07 Å². The van der Waals surface area contributed by atoms with Gasteiger partial charge >= 0.3 is 0 Å². The number of amides is 3. The number of thioether (sulfide) groups is 1. The first-order valence-electron chi connectivity index (χ1n) is 10.6. The number of carbonyl (C=O) groups is 3. The van der Waals surface area contributed by atoms with Crippen molar-refractivity contribution in [3.63, 3.8) is 0 Å². The lowest BCUT2D eigenvalue weighted by molar-refractivity contribution is -0.127. The Labute approximate surface area is 196 Å². The number of imide groups is 1. The van der Waals surface area contributed by atoms with Crippen LogP contribution < -0.4 is 15.0 Å². The van der Waals surface area contributed by atoms with Crippen molar-refractivity contribution in [3.05, 3.63) is 58.5 Å². The van der Waals surface area contributed by atoms with Crippen LogP contribution >= 0.6 is 11.8 Å². The van der Waals surface area contributed by atoms with E-state index in [0.29, 0.717) is 29.6 Å². The zero-order chi connectivity index (χ0) is 23.4. The Morgan fingerprint density at radius 1 is 1.15 bits per heavy atom. The van der Waals surface area contributed by atoms with Crippen LogP contribution in [0.15, 0.2) is 47.4 Å². The topological polar surface area (TPSA) is 88.2 Å². The molecule has 3 amide bonds. The molecule has 2 saturated heterocycles. The molecule has 33 heavy (non-hydrogen) atoms. The van der Waals surface area contributed by atoms with Crippen LogP contribution in [0.3, 0.4) is 0 Å². The van der Waals surface area contributed by atoms with Crippen molar-refractivity contribution in [2.75, 3.05) is 50.2 Å². The molecule has 1 N–H and O–H groups in total.